The summed E-state index contributed by atoms with van der Waals surface area (Å²) in [5.41, 5.74) is 5.68. The highest BCUT2D eigenvalue weighted by Crippen LogP contribution is 2.42. The fourth-order valence-corrected chi connectivity index (χ4v) is 12.4. The first-order valence-electron chi connectivity index (χ1n) is 15.9. The number of fused-ring (bicyclic) bond motifs is 3. The lowest BCUT2D eigenvalue weighted by molar-refractivity contribution is 1.18. The Morgan fingerprint density at radius 3 is 1.33 bits per heavy atom. The zero-order chi connectivity index (χ0) is 32.5. The van der Waals surface area contributed by atoms with Crippen LogP contribution < -0.4 is 20.7 Å². The van der Waals surface area contributed by atoms with Crippen LogP contribution >= 0.6 is 0 Å². The van der Waals surface area contributed by atoms with Gasteiger partial charge in [0.2, 0.25) is 0 Å². The van der Waals surface area contributed by atoms with Crippen molar-refractivity contribution in [3.8, 4) is 16.8 Å². The molecule has 0 aliphatic carbocycles. The van der Waals surface area contributed by atoms with E-state index in [0.29, 0.717) is 11.4 Å². The van der Waals surface area contributed by atoms with Crippen molar-refractivity contribution < 1.29 is 0 Å². The van der Waals surface area contributed by atoms with Gasteiger partial charge in [-0.05, 0) is 50.1 Å². The van der Waals surface area contributed by atoms with E-state index in [1.54, 1.807) is 0 Å². The van der Waals surface area contributed by atoms with E-state index >= 15 is 0 Å². The lowest BCUT2D eigenvalue weighted by atomic mass is 10.0. The molecule has 0 spiro atoms. The monoisotopic (exact) mass is 627 g/mol. The summed E-state index contributed by atoms with van der Waals surface area (Å²) < 4.78 is 2.27. The Morgan fingerprint density at radius 1 is 0.417 bits per heavy atom. The fourth-order valence-electron chi connectivity index (χ4n) is 7.40. The standard InChI is InChI=1S/C44H29N3Si/c1-45-39-30-38(43(31-40(39)46-2)47-41-27-15-12-24-35(41)36-25-13-16-28-42(36)47)37-26-14-17-29-44(37)48(32-18-6-3-7-19-32,33-20-8-4-9-21-33)34-22-10-5-11-23-34/h3-31H. The van der Waals surface area contributed by atoms with Gasteiger partial charge in [-0.3, -0.25) is 9.69 Å². The van der Waals surface area contributed by atoms with Gasteiger partial charge in [0.1, 0.15) is 0 Å². The molecule has 3 nitrogen and oxygen atoms in total. The lowest BCUT2D eigenvalue weighted by Crippen LogP contribution is -2.75. The zero-order valence-electron chi connectivity index (χ0n) is 26.1. The molecule has 1 heterocycles. The van der Waals surface area contributed by atoms with Crippen LogP contribution in [-0.2, 0) is 0 Å². The molecule has 4 heteroatoms. The van der Waals surface area contributed by atoms with E-state index in [1.165, 1.54) is 20.7 Å². The largest absolute Gasteiger partial charge is 0.310 e. The zero-order valence-corrected chi connectivity index (χ0v) is 27.1. The quantitative estimate of drug-likeness (QED) is 0.0993. The maximum Gasteiger partial charge on any atom is 0.196 e. The molecule has 0 N–H and O–H groups in total. The minimum atomic E-state index is -2.94. The minimum absolute atomic E-state index is 0.348. The first-order chi connectivity index (χ1) is 23.8. The maximum absolute atomic E-state index is 8.12. The minimum Gasteiger partial charge on any atom is -0.310 e. The summed E-state index contributed by atoms with van der Waals surface area (Å²) in [6.45, 7) is 16.2. The number of para-hydroxylation sites is 2. The molecule has 0 aliphatic rings. The predicted octanol–water partition coefficient (Wildman–Crippen LogP) is 8.93. The molecular formula is C44H29N3Si. The van der Waals surface area contributed by atoms with Gasteiger partial charge in [-0.25, -0.2) is 0 Å². The number of rotatable bonds is 6. The predicted molar refractivity (Wildman–Crippen MR) is 202 cm³/mol. The van der Waals surface area contributed by atoms with Gasteiger partial charge in [0, 0.05) is 16.5 Å². The van der Waals surface area contributed by atoms with Crippen molar-refractivity contribution in [1.29, 1.82) is 0 Å². The molecule has 48 heavy (non-hydrogen) atoms. The van der Waals surface area contributed by atoms with Crippen molar-refractivity contribution in [2.24, 2.45) is 0 Å². The van der Waals surface area contributed by atoms with E-state index < -0.39 is 8.07 Å². The first kappa shape index (κ1) is 29.0. The van der Waals surface area contributed by atoms with E-state index in [4.69, 9.17) is 13.1 Å². The van der Waals surface area contributed by atoms with Crippen molar-refractivity contribution in [3.05, 3.63) is 199 Å². The highest BCUT2D eigenvalue weighted by atomic mass is 28.3. The van der Waals surface area contributed by atoms with E-state index in [-0.39, 0.29) is 0 Å². The van der Waals surface area contributed by atoms with Crippen molar-refractivity contribution in [1.82, 2.24) is 4.57 Å². The van der Waals surface area contributed by atoms with E-state index in [1.807, 2.05) is 12.1 Å². The van der Waals surface area contributed by atoms with Gasteiger partial charge in [-0.1, -0.05) is 158 Å². The van der Waals surface area contributed by atoms with Crippen LogP contribution in [0.1, 0.15) is 0 Å². The highest BCUT2D eigenvalue weighted by molar-refractivity contribution is 7.20. The molecule has 0 aliphatic heterocycles. The van der Waals surface area contributed by atoms with Crippen LogP contribution in [0.3, 0.4) is 0 Å². The number of benzene rings is 7. The molecule has 0 bridgehead atoms. The van der Waals surface area contributed by atoms with Gasteiger partial charge in [0.05, 0.1) is 24.2 Å². The van der Waals surface area contributed by atoms with Crippen LogP contribution in [0.2, 0.25) is 0 Å². The Kier molecular flexibility index (Phi) is 7.27. The van der Waals surface area contributed by atoms with Gasteiger partial charge in [0.25, 0.3) is 0 Å². The molecule has 8 aromatic rings. The Hall–Kier alpha value is -6.46. The van der Waals surface area contributed by atoms with Crippen molar-refractivity contribution in [2.75, 3.05) is 0 Å². The van der Waals surface area contributed by atoms with Crippen LogP contribution in [0, 0.1) is 13.1 Å². The number of hydrogen-bond donors (Lipinski definition) is 0. The SMILES string of the molecule is [C-]#[N+]c1cc(-c2ccccc2[Si](c2ccccc2)(c2ccccc2)c2ccccc2)c(-n2c3ccccc3c3ccccc32)cc1[N+]#[C-]. The number of aromatic nitrogens is 1. The Morgan fingerprint density at radius 2 is 0.833 bits per heavy atom. The maximum atomic E-state index is 8.12. The topological polar surface area (TPSA) is 13.6 Å². The third-order valence-corrected chi connectivity index (χ3v) is 14.2. The lowest BCUT2D eigenvalue weighted by Gasteiger charge is -2.36. The van der Waals surface area contributed by atoms with Crippen molar-refractivity contribution in [3.63, 3.8) is 0 Å². The molecule has 8 rings (SSSR count). The van der Waals surface area contributed by atoms with Gasteiger partial charge in [-0.15, -0.1) is 0 Å². The fraction of sp³-hybridized carbons (Fsp3) is 0. The Balaban J connectivity index is 1.55. The summed E-state index contributed by atoms with van der Waals surface area (Å²) in [5, 5.41) is 7.34. The second kappa shape index (κ2) is 12.0. The highest BCUT2D eigenvalue weighted by Gasteiger charge is 2.43. The molecule has 0 saturated heterocycles. The van der Waals surface area contributed by atoms with Crippen LogP contribution in [0.4, 0.5) is 11.4 Å². The van der Waals surface area contributed by atoms with E-state index in [2.05, 4.69) is 178 Å². The van der Waals surface area contributed by atoms with Crippen molar-refractivity contribution in [2.45, 2.75) is 0 Å². The second-order valence-electron chi connectivity index (χ2n) is 11.8. The normalized spacial score (nSPS) is 11.3. The second-order valence-corrected chi connectivity index (χ2v) is 15.6. The molecular weight excluding hydrogens is 599 g/mol. The van der Waals surface area contributed by atoms with Crippen molar-refractivity contribution >= 4 is 62.0 Å². The third-order valence-electron chi connectivity index (χ3n) is 9.40. The molecule has 0 radical (unpaired) electrons. The van der Waals surface area contributed by atoms with E-state index in [9.17, 15) is 0 Å². The number of nitrogens with zero attached hydrogens (tertiary/aromatic N) is 3. The molecule has 7 aromatic carbocycles. The summed E-state index contributed by atoms with van der Waals surface area (Å²) in [5.74, 6) is 0. The van der Waals surface area contributed by atoms with Gasteiger partial charge in [-0.2, -0.15) is 0 Å². The summed E-state index contributed by atoms with van der Waals surface area (Å²) in [7, 11) is -2.94. The molecule has 0 fully saturated rings. The Labute approximate surface area is 281 Å². The van der Waals surface area contributed by atoms with Crippen LogP contribution in [0.5, 0.6) is 0 Å². The van der Waals surface area contributed by atoms with Crippen LogP contribution in [-0.4, -0.2) is 12.6 Å². The average molecular weight is 628 g/mol. The summed E-state index contributed by atoms with van der Waals surface area (Å²) in [6, 6.07) is 62.1. The molecule has 1 aromatic heterocycles. The molecule has 0 atom stereocenters. The Bertz CT molecular complexity index is 2370. The smallest absolute Gasteiger partial charge is 0.196 e. The molecule has 224 valence electrons. The molecule has 0 unspecified atom stereocenters. The molecule has 0 amide bonds. The number of hydrogen-bond acceptors (Lipinski definition) is 0. The van der Waals surface area contributed by atoms with E-state index in [0.717, 1.165) is 38.6 Å². The third kappa shape index (κ3) is 4.48. The summed E-state index contributed by atoms with van der Waals surface area (Å²) in [4.78, 5) is 7.73. The first-order valence-corrected chi connectivity index (χ1v) is 17.9. The van der Waals surface area contributed by atoms with Crippen LogP contribution in [0.15, 0.2) is 176 Å². The van der Waals surface area contributed by atoms with Gasteiger partial charge in [0.15, 0.2) is 19.4 Å². The summed E-state index contributed by atoms with van der Waals surface area (Å²) in [6.07, 6.45) is 0. The van der Waals surface area contributed by atoms with Crippen LogP contribution in [0.25, 0.3) is 48.3 Å². The molecule has 0 saturated carbocycles. The summed E-state index contributed by atoms with van der Waals surface area (Å²) >= 11 is 0. The van der Waals surface area contributed by atoms with Gasteiger partial charge < -0.3 is 4.57 Å². The van der Waals surface area contributed by atoms with Gasteiger partial charge >= 0.3 is 0 Å². The average Bonchev–Trinajstić information content (AvgIpc) is 3.50.